The Kier molecular flexibility index (Phi) is 4.21. The number of rotatable bonds is 4. The van der Waals surface area contributed by atoms with Crippen molar-refractivity contribution in [3.8, 4) is 17.6 Å². The van der Waals surface area contributed by atoms with E-state index in [2.05, 4.69) is 6.07 Å². The lowest BCUT2D eigenvalue weighted by Crippen LogP contribution is -1.99. The van der Waals surface area contributed by atoms with Crippen molar-refractivity contribution in [2.75, 3.05) is 7.11 Å². The van der Waals surface area contributed by atoms with Crippen molar-refractivity contribution in [2.24, 2.45) is 0 Å². The van der Waals surface area contributed by atoms with Gasteiger partial charge in [0.25, 0.3) is 0 Å². The molecular formula is C16H14FNO2. The second-order valence-corrected chi connectivity index (χ2v) is 4.32. The van der Waals surface area contributed by atoms with Gasteiger partial charge in [0.15, 0.2) is 11.6 Å². The Balaban J connectivity index is 2.15. The van der Waals surface area contributed by atoms with E-state index in [1.54, 1.807) is 43.3 Å². The third-order valence-electron chi connectivity index (χ3n) is 2.94. The maximum atomic E-state index is 13.8. The molecule has 0 heterocycles. The summed E-state index contributed by atoms with van der Waals surface area (Å²) in [5.41, 5.74) is 1.75. The van der Waals surface area contributed by atoms with Gasteiger partial charge in [-0.05, 0) is 36.2 Å². The van der Waals surface area contributed by atoms with Crippen LogP contribution in [0.25, 0.3) is 0 Å². The molecule has 0 aliphatic heterocycles. The predicted molar refractivity (Wildman–Crippen MR) is 73.2 cm³/mol. The third kappa shape index (κ3) is 2.89. The van der Waals surface area contributed by atoms with Gasteiger partial charge < -0.3 is 9.47 Å². The number of benzene rings is 2. The molecule has 0 N–H and O–H groups in total. The minimum absolute atomic E-state index is 0.193. The highest BCUT2D eigenvalue weighted by molar-refractivity contribution is 5.45. The molecule has 0 radical (unpaired) electrons. The van der Waals surface area contributed by atoms with E-state index in [0.717, 1.165) is 5.56 Å². The third-order valence-corrected chi connectivity index (χ3v) is 2.94. The van der Waals surface area contributed by atoms with Crippen LogP contribution in [0.3, 0.4) is 0 Å². The van der Waals surface area contributed by atoms with Crippen molar-refractivity contribution >= 4 is 0 Å². The summed E-state index contributed by atoms with van der Waals surface area (Å²) in [5.74, 6) is 0.360. The SMILES string of the molecule is COc1ccc(COc2cccc(C)c2F)cc1C#N. The van der Waals surface area contributed by atoms with Gasteiger partial charge in [0.1, 0.15) is 18.4 Å². The smallest absolute Gasteiger partial charge is 0.167 e. The Labute approximate surface area is 117 Å². The molecule has 0 saturated carbocycles. The summed E-state index contributed by atoms with van der Waals surface area (Å²) in [4.78, 5) is 0. The highest BCUT2D eigenvalue weighted by Crippen LogP contribution is 2.23. The highest BCUT2D eigenvalue weighted by Gasteiger charge is 2.08. The minimum atomic E-state index is -0.360. The van der Waals surface area contributed by atoms with Crippen LogP contribution in [0.15, 0.2) is 36.4 Å². The summed E-state index contributed by atoms with van der Waals surface area (Å²) < 4.78 is 24.3. The van der Waals surface area contributed by atoms with Gasteiger partial charge >= 0.3 is 0 Å². The molecule has 3 nitrogen and oxygen atoms in total. The molecule has 0 unspecified atom stereocenters. The number of methoxy groups -OCH3 is 1. The molecule has 2 aromatic carbocycles. The molecule has 20 heavy (non-hydrogen) atoms. The summed E-state index contributed by atoms with van der Waals surface area (Å²) in [6, 6.07) is 12.2. The number of ether oxygens (including phenoxy) is 2. The Hall–Kier alpha value is -2.54. The molecule has 0 aliphatic rings. The van der Waals surface area contributed by atoms with E-state index in [9.17, 15) is 4.39 Å². The van der Waals surface area contributed by atoms with Crippen LogP contribution in [0, 0.1) is 24.1 Å². The number of nitriles is 1. The van der Waals surface area contributed by atoms with Crippen molar-refractivity contribution in [1.29, 1.82) is 5.26 Å². The average molecular weight is 271 g/mol. The predicted octanol–water partition coefficient (Wildman–Crippen LogP) is 3.59. The molecule has 102 valence electrons. The van der Waals surface area contributed by atoms with Gasteiger partial charge in [0, 0.05) is 0 Å². The topological polar surface area (TPSA) is 42.2 Å². The number of aryl methyl sites for hydroxylation is 1. The van der Waals surface area contributed by atoms with Crippen molar-refractivity contribution in [1.82, 2.24) is 0 Å². The first kappa shape index (κ1) is 13.9. The summed E-state index contributed by atoms with van der Waals surface area (Å²) in [6.45, 7) is 1.88. The quantitative estimate of drug-likeness (QED) is 0.853. The fourth-order valence-electron chi connectivity index (χ4n) is 1.83. The Bertz CT molecular complexity index is 662. The second-order valence-electron chi connectivity index (χ2n) is 4.32. The molecule has 0 aliphatic carbocycles. The van der Waals surface area contributed by atoms with E-state index < -0.39 is 0 Å². The van der Waals surface area contributed by atoms with Crippen molar-refractivity contribution in [3.63, 3.8) is 0 Å². The summed E-state index contributed by atoms with van der Waals surface area (Å²) >= 11 is 0. The van der Waals surface area contributed by atoms with Crippen molar-refractivity contribution in [2.45, 2.75) is 13.5 Å². The number of nitrogens with zero attached hydrogens (tertiary/aromatic N) is 1. The minimum Gasteiger partial charge on any atom is -0.495 e. The molecule has 2 rings (SSSR count). The van der Waals surface area contributed by atoms with Crippen LogP contribution in [0.4, 0.5) is 4.39 Å². The van der Waals surface area contributed by atoms with Crippen molar-refractivity contribution < 1.29 is 13.9 Å². The summed E-state index contributed by atoms with van der Waals surface area (Å²) in [7, 11) is 1.51. The molecular weight excluding hydrogens is 257 g/mol. The van der Waals surface area contributed by atoms with E-state index in [1.807, 2.05) is 0 Å². The van der Waals surface area contributed by atoms with E-state index in [0.29, 0.717) is 16.9 Å². The molecule has 0 saturated heterocycles. The first-order chi connectivity index (χ1) is 9.65. The van der Waals surface area contributed by atoms with E-state index in [-0.39, 0.29) is 18.2 Å². The lowest BCUT2D eigenvalue weighted by atomic mass is 10.1. The molecule has 2 aromatic rings. The monoisotopic (exact) mass is 271 g/mol. The van der Waals surface area contributed by atoms with E-state index in [4.69, 9.17) is 14.7 Å². The number of hydrogen-bond donors (Lipinski definition) is 0. The molecule has 0 bridgehead atoms. The number of hydrogen-bond acceptors (Lipinski definition) is 3. The largest absolute Gasteiger partial charge is 0.495 e. The van der Waals surface area contributed by atoms with Gasteiger partial charge in [-0.2, -0.15) is 5.26 Å². The molecule has 4 heteroatoms. The number of halogens is 1. The van der Waals surface area contributed by atoms with Crippen LogP contribution in [-0.2, 0) is 6.61 Å². The van der Waals surface area contributed by atoms with Gasteiger partial charge in [-0.15, -0.1) is 0 Å². The molecule has 0 atom stereocenters. The molecule has 0 fully saturated rings. The standard InChI is InChI=1S/C16H14FNO2/c1-11-4-3-5-15(16(11)17)20-10-12-6-7-14(19-2)13(8-12)9-18/h3-8H,10H2,1-2H3. The lowest BCUT2D eigenvalue weighted by Gasteiger charge is -2.10. The molecule has 0 spiro atoms. The Morgan fingerprint density at radius 2 is 2.00 bits per heavy atom. The van der Waals surface area contributed by atoms with Crippen molar-refractivity contribution in [3.05, 3.63) is 58.9 Å². The van der Waals surface area contributed by atoms with Crippen LogP contribution >= 0.6 is 0 Å². The molecule has 0 amide bonds. The van der Waals surface area contributed by atoms with Gasteiger partial charge in [-0.3, -0.25) is 0 Å². The Morgan fingerprint density at radius 1 is 1.20 bits per heavy atom. The maximum Gasteiger partial charge on any atom is 0.167 e. The van der Waals surface area contributed by atoms with E-state index in [1.165, 1.54) is 7.11 Å². The van der Waals surface area contributed by atoms with Crippen LogP contribution < -0.4 is 9.47 Å². The zero-order valence-electron chi connectivity index (χ0n) is 11.3. The fourth-order valence-corrected chi connectivity index (χ4v) is 1.83. The zero-order chi connectivity index (χ0) is 14.5. The lowest BCUT2D eigenvalue weighted by molar-refractivity contribution is 0.289. The Morgan fingerprint density at radius 3 is 2.70 bits per heavy atom. The van der Waals surface area contributed by atoms with Gasteiger partial charge in [0.05, 0.1) is 12.7 Å². The maximum absolute atomic E-state index is 13.8. The highest BCUT2D eigenvalue weighted by atomic mass is 19.1. The first-order valence-corrected chi connectivity index (χ1v) is 6.10. The first-order valence-electron chi connectivity index (χ1n) is 6.10. The van der Waals surface area contributed by atoms with E-state index >= 15 is 0 Å². The molecule has 0 aromatic heterocycles. The van der Waals surface area contributed by atoms with Crippen LogP contribution in [0.2, 0.25) is 0 Å². The van der Waals surface area contributed by atoms with Gasteiger partial charge in [-0.1, -0.05) is 18.2 Å². The zero-order valence-corrected chi connectivity index (χ0v) is 11.3. The van der Waals surface area contributed by atoms with Gasteiger partial charge in [0.2, 0.25) is 0 Å². The van der Waals surface area contributed by atoms with Crippen LogP contribution in [-0.4, -0.2) is 7.11 Å². The fraction of sp³-hybridized carbons (Fsp3) is 0.188. The van der Waals surface area contributed by atoms with Gasteiger partial charge in [-0.25, -0.2) is 4.39 Å². The van der Waals surface area contributed by atoms with Crippen LogP contribution in [0.5, 0.6) is 11.5 Å². The average Bonchev–Trinajstić information content (AvgIpc) is 2.48. The van der Waals surface area contributed by atoms with Crippen LogP contribution in [0.1, 0.15) is 16.7 Å². The second kappa shape index (κ2) is 6.07. The normalized spacial score (nSPS) is 9.90. The summed E-state index contributed by atoms with van der Waals surface area (Å²) in [5, 5.41) is 9.01. The summed E-state index contributed by atoms with van der Waals surface area (Å²) in [6.07, 6.45) is 0.